The van der Waals surface area contributed by atoms with Gasteiger partial charge in [0, 0.05) is 42.9 Å². The predicted molar refractivity (Wildman–Crippen MR) is 133 cm³/mol. The third-order valence-corrected chi connectivity index (χ3v) is 7.57. The van der Waals surface area contributed by atoms with E-state index in [-0.39, 0.29) is 5.41 Å². The van der Waals surface area contributed by atoms with Gasteiger partial charge >= 0.3 is 0 Å². The lowest BCUT2D eigenvalue weighted by Gasteiger charge is -2.37. The molecular formula is C29H37N2+. The molecule has 5 rings (SSSR count). The highest BCUT2D eigenvalue weighted by Crippen LogP contribution is 2.41. The second-order valence-corrected chi connectivity index (χ2v) is 10.3. The number of benzene rings is 2. The number of anilines is 1. The number of rotatable bonds is 5. The fourth-order valence-corrected chi connectivity index (χ4v) is 5.95. The number of nitrogens with zero attached hydrogens (tertiary/aromatic N) is 2. The second kappa shape index (κ2) is 7.97. The largest absolute Gasteiger partial charge is 0.371 e. The first-order chi connectivity index (χ1) is 15.0. The predicted octanol–water partition coefficient (Wildman–Crippen LogP) is 6.58. The fourth-order valence-electron chi connectivity index (χ4n) is 5.95. The number of hydrogen-bond donors (Lipinski definition) is 0. The van der Waals surface area contributed by atoms with Crippen molar-refractivity contribution >= 4 is 23.2 Å². The summed E-state index contributed by atoms with van der Waals surface area (Å²) in [6, 6.07) is 11.9. The van der Waals surface area contributed by atoms with Gasteiger partial charge in [0.25, 0.3) is 0 Å². The van der Waals surface area contributed by atoms with Crippen molar-refractivity contribution in [1.82, 2.24) is 0 Å². The summed E-state index contributed by atoms with van der Waals surface area (Å²) in [6.45, 7) is 12.9. The van der Waals surface area contributed by atoms with Gasteiger partial charge in [0.2, 0.25) is 5.69 Å². The number of aryl methyl sites for hydroxylation is 3. The molecule has 2 heteroatoms. The Balaban J connectivity index is 1.55. The molecule has 0 saturated heterocycles. The monoisotopic (exact) mass is 413 g/mol. The normalized spacial score (nSPS) is 19.2. The molecule has 2 aromatic carbocycles. The number of fused-ring (bicyclic) bond motifs is 1. The first-order valence-electron chi connectivity index (χ1n) is 12.3. The Labute approximate surface area is 188 Å². The van der Waals surface area contributed by atoms with E-state index >= 15 is 0 Å². The lowest BCUT2D eigenvalue weighted by molar-refractivity contribution is -0.438. The molecule has 2 nitrogen and oxygen atoms in total. The quantitative estimate of drug-likeness (QED) is 0.502. The van der Waals surface area contributed by atoms with Crippen LogP contribution in [0.15, 0.2) is 36.4 Å². The van der Waals surface area contributed by atoms with Crippen LogP contribution >= 0.6 is 0 Å². The summed E-state index contributed by atoms with van der Waals surface area (Å²) in [4.78, 5) is 2.63. The average molecular weight is 414 g/mol. The van der Waals surface area contributed by atoms with Crippen LogP contribution in [-0.4, -0.2) is 29.9 Å². The van der Waals surface area contributed by atoms with Gasteiger partial charge in [-0.2, -0.15) is 4.58 Å². The molecule has 0 N–H and O–H groups in total. The Morgan fingerprint density at radius 2 is 1.71 bits per heavy atom. The highest BCUT2D eigenvalue weighted by atomic mass is 15.1. The third-order valence-electron chi connectivity index (χ3n) is 7.57. The molecule has 0 spiro atoms. The molecule has 0 radical (unpaired) electrons. The van der Waals surface area contributed by atoms with Crippen molar-refractivity contribution in [1.29, 1.82) is 0 Å². The minimum absolute atomic E-state index is 0.0326. The molecule has 0 bridgehead atoms. The zero-order valence-corrected chi connectivity index (χ0v) is 19.8. The van der Waals surface area contributed by atoms with E-state index in [4.69, 9.17) is 0 Å². The van der Waals surface area contributed by atoms with Gasteiger partial charge < -0.3 is 4.90 Å². The van der Waals surface area contributed by atoms with E-state index in [9.17, 15) is 0 Å². The summed E-state index contributed by atoms with van der Waals surface area (Å²) in [5.74, 6) is 0. The van der Waals surface area contributed by atoms with Crippen LogP contribution in [0.2, 0.25) is 0 Å². The first kappa shape index (κ1) is 20.5. The van der Waals surface area contributed by atoms with Gasteiger partial charge in [0.15, 0.2) is 5.71 Å². The molecule has 0 unspecified atom stereocenters. The van der Waals surface area contributed by atoms with Crippen molar-refractivity contribution in [3.8, 4) is 0 Å². The van der Waals surface area contributed by atoms with Crippen LogP contribution in [0.5, 0.6) is 0 Å². The minimum Gasteiger partial charge on any atom is -0.371 e. The van der Waals surface area contributed by atoms with Crippen molar-refractivity contribution in [3.63, 3.8) is 0 Å². The highest BCUT2D eigenvalue weighted by molar-refractivity contribution is 6.05. The van der Waals surface area contributed by atoms with E-state index < -0.39 is 0 Å². The SMILES string of the molecule is CCCC[N+]1=C(C=Cc2cc3c4c(c2)CCCN4CCC3)C(C)(C)c2cc(C)ccc21. The molecule has 0 atom stereocenters. The van der Waals surface area contributed by atoms with Gasteiger partial charge in [-0.15, -0.1) is 0 Å². The second-order valence-electron chi connectivity index (χ2n) is 10.3. The standard InChI is InChI=1S/C29H37N2/c1-5-6-17-31-26-13-11-21(2)18-25(26)29(3,4)27(31)14-12-22-19-23-9-7-15-30-16-8-10-24(20-22)28(23)30/h11-14,18-20H,5-10,15-17H2,1-4H3/q+1. The van der Waals surface area contributed by atoms with E-state index in [1.807, 2.05) is 0 Å². The molecule has 2 aromatic rings. The molecule has 0 fully saturated rings. The maximum atomic E-state index is 2.63. The Kier molecular flexibility index (Phi) is 5.28. The topological polar surface area (TPSA) is 6.25 Å². The van der Waals surface area contributed by atoms with Crippen molar-refractivity contribution in [3.05, 3.63) is 64.2 Å². The Morgan fingerprint density at radius 1 is 1.00 bits per heavy atom. The van der Waals surface area contributed by atoms with Crippen molar-refractivity contribution in [2.45, 2.75) is 71.6 Å². The van der Waals surface area contributed by atoms with Crippen LogP contribution in [0.3, 0.4) is 0 Å². The minimum atomic E-state index is 0.0326. The maximum Gasteiger partial charge on any atom is 0.209 e. The molecule has 162 valence electrons. The Morgan fingerprint density at radius 3 is 2.39 bits per heavy atom. The van der Waals surface area contributed by atoms with Crippen LogP contribution < -0.4 is 4.90 Å². The van der Waals surface area contributed by atoms with E-state index in [2.05, 4.69) is 79.7 Å². The molecule has 3 aliphatic heterocycles. The van der Waals surface area contributed by atoms with E-state index in [0.29, 0.717) is 0 Å². The van der Waals surface area contributed by atoms with Gasteiger partial charge in [0.1, 0.15) is 6.54 Å². The smallest absolute Gasteiger partial charge is 0.209 e. The van der Waals surface area contributed by atoms with Gasteiger partial charge in [-0.05, 0) is 87.4 Å². The van der Waals surface area contributed by atoms with Crippen molar-refractivity contribution in [2.24, 2.45) is 0 Å². The summed E-state index contributed by atoms with van der Waals surface area (Å²) < 4.78 is 2.58. The molecule has 0 aromatic heterocycles. The van der Waals surface area contributed by atoms with Crippen molar-refractivity contribution < 1.29 is 4.58 Å². The molecule has 0 aliphatic carbocycles. The van der Waals surface area contributed by atoms with Crippen molar-refractivity contribution in [2.75, 3.05) is 24.5 Å². The van der Waals surface area contributed by atoms with Gasteiger partial charge in [-0.1, -0.05) is 25.0 Å². The third kappa shape index (κ3) is 3.54. The van der Waals surface area contributed by atoms with Gasteiger partial charge in [-0.3, -0.25) is 0 Å². The maximum absolute atomic E-state index is 2.63. The summed E-state index contributed by atoms with van der Waals surface area (Å²) in [5, 5.41) is 0. The lowest BCUT2D eigenvalue weighted by atomic mass is 9.80. The summed E-state index contributed by atoms with van der Waals surface area (Å²) in [7, 11) is 0. The molecular weight excluding hydrogens is 376 g/mol. The number of allylic oxidation sites excluding steroid dienone is 1. The Hall–Kier alpha value is -2.35. The van der Waals surface area contributed by atoms with Gasteiger partial charge in [-0.25, -0.2) is 0 Å². The van der Waals surface area contributed by atoms with Crippen LogP contribution in [0.1, 0.15) is 74.3 Å². The molecule has 3 aliphatic rings. The lowest BCUT2D eigenvalue weighted by Crippen LogP contribution is -2.34. The van der Waals surface area contributed by atoms with E-state index in [0.717, 1.165) is 6.54 Å². The van der Waals surface area contributed by atoms with Crippen LogP contribution in [-0.2, 0) is 18.3 Å². The van der Waals surface area contributed by atoms with Crippen LogP contribution in [0.25, 0.3) is 6.08 Å². The summed E-state index contributed by atoms with van der Waals surface area (Å²) >= 11 is 0. The molecule has 0 amide bonds. The summed E-state index contributed by atoms with van der Waals surface area (Å²) in [6.07, 6.45) is 12.3. The molecule has 31 heavy (non-hydrogen) atoms. The zero-order chi connectivity index (χ0) is 21.6. The number of hydrogen-bond acceptors (Lipinski definition) is 1. The van der Waals surface area contributed by atoms with E-state index in [1.54, 1.807) is 16.8 Å². The van der Waals surface area contributed by atoms with Crippen LogP contribution in [0.4, 0.5) is 11.4 Å². The zero-order valence-electron chi connectivity index (χ0n) is 19.8. The molecule has 0 saturated carbocycles. The number of unbranched alkanes of at least 4 members (excludes halogenated alkanes) is 1. The molecule has 3 heterocycles. The fraction of sp³-hybridized carbons (Fsp3) is 0.483. The van der Waals surface area contributed by atoms with Gasteiger partial charge in [0.05, 0.1) is 5.41 Å². The van der Waals surface area contributed by atoms with E-state index in [1.165, 1.54) is 79.7 Å². The first-order valence-corrected chi connectivity index (χ1v) is 12.3. The highest BCUT2D eigenvalue weighted by Gasteiger charge is 2.44. The summed E-state index contributed by atoms with van der Waals surface area (Å²) in [5.41, 5.74) is 11.8. The van der Waals surface area contributed by atoms with Crippen LogP contribution in [0, 0.1) is 6.92 Å². The average Bonchev–Trinajstić information content (AvgIpc) is 2.96. The Bertz CT molecular complexity index is 1040.